The van der Waals surface area contributed by atoms with Crippen molar-refractivity contribution in [3.8, 4) is 0 Å². The Balaban J connectivity index is 1.89. The minimum Gasteiger partial charge on any atom is -0.326 e. The quantitative estimate of drug-likeness (QED) is 0.457. The smallest absolute Gasteiger partial charge is 0.0965 e. The molecule has 0 unspecified atom stereocenters. The van der Waals surface area contributed by atoms with Crippen LogP contribution in [0.1, 0.15) is 37.5 Å². The number of rotatable bonds is 5. The first-order valence-electron chi connectivity index (χ1n) is 10.2. The molecule has 4 aromatic rings. The first kappa shape index (κ1) is 19.4. The first-order valence-corrected chi connectivity index (χ1v) is 11.6. The van der Waals surface area contributed by atoms with Gasteiger partial charge < -0.3 is 4.57 Å². The van der Waals surface area contributed by atoms with Crippen molar-refractivity contribution in [2.75, 3.05) is 0 Å². The highest BCUT2D eigenvalue weighted by Gasteiger charge is 2.36. The minimum atomic E-state index is -0.807. The summed E-state index contributed by atoms with van der Waals surface area (Å²) in [5.74, 6) is 0. The topological polar surface area (TPSA) is 17.8 Å². The van der Waals surface area contributed by atoms with Gasteiger partial charge in [-0.2, -0.15) is 0 Å². The van der Waals surface area contributed by atoms with Gasteiger partial charge in [0.05, 0.1) is 21.0 Å². The Morgan fingerprint density at radius 3 is 1.69 bits per heavy atom. The summed E-state index contributed by atoms with van der Waals surface area (Å²) in [5.41, 5.74) is 4.18. The molecule has 0 radical (unpaired) electrons. The molecule has 3 heteroatoms. The van der Waals surface area contributed by atoms with E-state index >= 15 is 0 Å². The maximum absolute atomic E-state index is 4.41. The average molecular weight is 397 g/mol. The van der Waals surface area contributed by atoms with Crippen molar-refractivity contribution in [1.29, 1.82) is 0 Å². The maximum atomic E-state index is 4.41. The van der Waals surface area contributed by atoms with E-state index in [-0.39, 0.29) is 10.6 Å². The Kier molecular flexibility index (Phi) is 5.25. The largest absolute Gasteiger partial charge is 0.326 e. The summed E-state index contributed by atoms with van der Waals surface area (Å²) in [6, 6.07) is 31.0. The fourth-order valence-electron chi connectivity index (χ4n) is 4.09. The van der Waals surface area contributed by atoms with E-state index in [9.17, 15) is 0 Å². The Morgan fingerprint density at radius 1 is 0.690 bits per heavy atom. The molecule has 0 atom stereocenters. The fourth-order valence-corrected chi connectivity index (χ4v) is 6.40. The van der Waals surface area contributed by atoms with Crippen LogP contribution in [0.2, 0.25) is 0 Å². The van der Waals surface area contributed by atoms with E-state index in [2.05, 4.69) is 121 Å². The predicted octanol–water partition coefficient (Wildman–Crippen LogP) is 4.42. The molecule has 0 N–H and O–H groups in total. The van der Waals surface area contributed by atoms with Crippen LogP contribution in [0.25, 0.3) is 0 Å². The number of hydrogen-bond donors (Lipinski definition) is 0. The van der Waals surface area contributed by atoms with Crippen LogP contribution in [0.4, 0.5) is 0 Å². The molecule has 146 valence electrons. The van der Waals surface area contributed by atoms with Gasteiger partial charge in [-0.25, -0.2) is 4.98 Å². The predicted molar refractivity (Wildman–Crippen MR) is 125 cm³/mol. The zero-order valence-electron chi connectivity index (χ0n) is 17.4. The van der Waals surface area contributed by atoms with Gasteiger partial charge in [0.25, 0.3) is 0 Å². The lowest BCUT2D eigenvalue weighted by molar-refractivity contribution is 0.590. The van der Waals surface area contributed by atoms with Crippen LogP contribution in [-0.2, 0) is 10.6 Å². The summed E-state index contributed by atoms with van der Waals surface area (Å²) in [5, 5.41) is 1.22. The van der Waals surface area contributed by atoms with Crippen LogP contribution in [0.3, 0.4) is 0 Å². The highest BCUT2D eigenvalue weighted by Crippen LogP contribution is 2.33. The van der Waals surface area contributed by atoms with Crippen LogP contribution in [0.15, 0.2) is 104 Å². The van der Waals surface area contributed by atoms with Crippen LogP contribution < -0.4 is 5.19 Å². The lowest BCUT2D eigenvalue weighted by Gasteiger charge is -2.37. The maximum Gasteiger partial charge on any atom is 0.0965 e. The lowest BCUT2D eigenvalue weighted by Crippen LogP contribution is -2.46. The number of nitrogens with zero attached hydrogens (tertiary/aromatic N) is 2. The monoisotopic (exact) mass is 396 g/mol. The molecule has 0 saturated heterocycles. The van der Waals surface area contributed by atoms with Gasteiger partial charge in [-0.05, 0) is 22.1 Å². The van der Waals surface area contributed by atoms with Gasteiger partial charge in [-0.3, -0.25) is 0 Å². The van der Waals surface area contributed by atoms with Crippen molar-refractivity contribution in [3.63, 3.8) is 0 Å². The van der Waals surface area contributed by atoms with E-state index in [0.717, 1.165) is 0 Å². The third kappa shape index (κ3) is 3.83. The summed E-state index contributed by atoms with van der Waals surface area (Å²) in [6.07, 6.45) is 5.96. The Bertz CT molecular complexity index is 992. The summed E-state index contributed by atoms with van der Waals surface area (Å²) in [7, 11) is -0.807. The van der Waals surface area contributed by atoms with E-state index in [1.54, 1.807) is 0 Å². The van der Waals surface area contributed by atoms with Crippen molar-refractivity contribution in [2.45, 2.75) is 31.3 Å². The first-order chi connectivity index (χ1) is 14.0. The summed E-state index contributed by atoms with van der Waals surface area (Å²) in [6.45, 7) is 6.80. The van der Waals surface area contributed by atoms with Gasteiger partial charge in [0.1, 0.15) is 0 Å². The van der Waals surface area contributed by atoms with Gasteiger partial charge in [-0.15, -0.1) is 0 Å². The molecule has 4 rings (SSSR count). The van der Waals surface area contributed by atoms with Crippen LogP contribution in [0, 0.1) is 0 Å². The van der Waals surface area contributed by atoms with E-state index in [4.69, 9.17) is 0 Å². The molecule has 1 aromatic heterocycles. The molecule has 29 heavy (non-hydrogen) atoms. The number of benzene rings is 3. The van der Waals surface area contributed by atoms with Gasteiger partial charge in [-0.1, -0.05) is 111 Å². The average Bonchev–Trinajstić information content (AvgIpc) is 3.28. The fraction of sp³-hybridized carbons (Fsp3) is 0.192. The van der Waals surface area contributed by atoms with Crippen molar-refractivity contribution in [2.24, 2.45) is 0 Å². The highest BCUT2D eigenvalue weighted by molar-refractivity contribution is 6.57. The van der Waals surface area contributed by atoms with E-state index in [1.165, 1.54) is 21.9 Å². The second-order valence-electron chi connectivity index (χ2n) is 8.69. The zero-order chi connectivity index (χ0) is 20.3. The third-order valence-electron chi connectivity index (χ3n) is 5.73. The molecule has 0 amide bonds. The summed E-state index contributed by atoms with van der Waals surface area (Å²) in [4.78, 5) is 4.41. The molecule has 0 saturated carbocycles. The Labute approximate surface area is 176 Å². The highest BCUT2D eigenvalue weighted by atomic mass is 28.2. The second-order valence-corrected chi connectivity index (χ2v) is 10.9. The van der Waals surface area contributed by atoms with Gasteiger partial charge in [0.2, 0.25) is 0 Å². The number of aromatic nitrogens is 2. The number of hydrogen-bond acceptors (Lipinski definition) is 1. The van der Waals surface area contributed by atoms with Crippen molar-refractivity contribution in [1.82, 2.24) is 9.55 Å². The second kappa shape index (κ2) is 7.84. The zero-order valence-corrected chi connectivity index (χ0v) is 18.8. The van der Waals surface area contributed by atoms with Gasteiger partial charge in [0, 0.05) is 12.4 Å². The molecule has 2 nitrogen and oxygen atoms in total. The van der Waals surface area contributed by atoms with Crippen LogP contribution in [-0.4, -0.2) is 19.1 Å². The molecule has 3 aromatic carbocycles. The molecule has 1 heterocycles. The van der Waals surface area contributed by atoms with Crippen molar-refractivity contribution in [3.05, 3.63) is 120 Å². The lowest BCUT2D eigenvalue weighted by atomic mass is 9.87. The molecule has 0 aliphatic heterocycles. The molecular formula is C26H28N2Si. The van der Waals surface area contributed by atoms with E-state index in [1.807, 2.05) is 12.5 Å². The molecule has 0 bridgehead atoms. The Hall–Kier alpha value is -2.91. The summed E-state index contributed by atoms with van der Waals surface area (Å²) >= 11 is 0. The van der Waals surface area contributed by atoms with Crippen molar-refractivity contribution >= 4 is 14.7 Å². The molecule has 0 aliphatic rings. The van der Waals surface area contributed by atoms with Gasteiger partial charge in [0.15, 0.2) is 0 Å². The van der Waals surface area contributed by atoms with Gasteiger partial charge >= 0.3 is 0 Å². The minimum absolute atomic E-state index is 0.167. The van der Waals surface area contributed by atoms with Crippen LogP contribution >= 0.6 is 0 Å². The number of imidazole rings is 1. The van der Waals surface area contributed by atoms with E-state index in [0.29, 0.717) is 0 Å². The normalized spacial score (nSPS) is 12.5. The Morgan fingerprint density at radius 2 is 1.24 bits per heavy atom. The molecular weight excluding hydrogens is 368 g/mol. The molecule has 0 aliphatic carbocycles. The molecule has 0 fully saturated rings. The van der Waals surface area contributed by atoms with E-state index < -0.39 is 9.52 Å². The van der Waals surface area contributed by atoms with Crippen molar-refractivity contribution < 1.29 is 0 Å². The standard InChI is InChI=1S/C26H28N2Si/c1-25(2,3)21-14-16-24(17-15-21)29-26(28-19-18-27-20-28,22-10-6-4-7-11-22)23-12-8-5-9-13-23/h4-20H,29H2,1-3H3. The summed E-state index contributed by atoms with van der Waals surface area (Å²) < 4.78 is 2.31. The third-order valence-corrected chi connectivity index (χ3v) is 8.30. The molecule has 0 spiro atoms. The van der Waals surface area contributed by atoms with Crippen LogP contribution in [0.5, 0.6) is 0 Å². The SMILES string of the molecule is CC(C)(C)c1ccc([SiH2]C(c2ccccc2)(c2ccccc2)n2ccnc2)cc1.